The van der Waals surface area contributed by atoms with Crippen LogP contribution in [0, 0.1) is 6.92 Å². The Balaban J connectivity index is 2.67. The number of hydrogen-bond acceptors (Lipinski definition) is 1. The van der Waals surface area contributed by atoms with Crippen molar-refractivity contribution >= 4 is 14.5 Å². The molecule has 0 aliphatic heterocycles. The summed E-state index contributed by atoms with van der Waals surface area (Å²) in [5.74, 6) is 1.09. The monoisotopic (exact) mass is 192 g/mol. The van der Waals surface area contributed by atoms with Crippen molar-refractivity contribution in [2.24, 2.45) is 0 Å². The smallest absolute Gasteiger partial charge is 0.546 e. The van der Waals surface area contributed by atoms with Gasteiger partial charge in [-0.3, -0.25) is 0 Å². The fourth-order valence-corrected chi connectivity index (χ4v) is 2.86. The van der Waals surface area contributed by atoms with Gasteiger partial charge in [0, 0.05) is 0 Å². The fourth-order valence-electron chi connectivity index (χ4n) is 1.32. The molecule has 1 nitrogen and oxygen atoms in total. The Morgan fingerprint density at radius 1 is 1.15 bits per heavy atom. The van der Waals surface area contributed by atoms with E-state index in [-0.39, 0.29) is 0 Å². The summed E-state index contributed by atoms with van der Waals surface area (Å²) in [7, 11) is 0. The van der Waals surface area contributed by atoms with Crippen molar-refractivity contribution in [3.05, 3.63) is 29.8 Å². The molecule has 0 bridgehead atoms. The second kappa shape index (κ2) is 5.32. The summed E-state index contributed by atoms with van der Waals surface area (Å²) in [6, 6.07) is 8.27. The summed E-state index contributed by atoms with van der Waals surface area (Å²) >= 11 is -0.947. The van der Waals surface area contributed by atoms with Crippen molar-refractivity contribution in [1.29, 1.82) is 0 Å². The molecule has 1 rings (SSSR count). The highest BCUT2D eigenvalue weighted by Crippen LogP contribution is 2.18. The summed E-state index contributed by atoms with van der Waals surface area (Å²) < 4.78 is 5.98. The number of para-hydroxylation sites is 1. The molecular weight excluding hydrogens is 175 g/mol. The largest absolute Gasteiger partial charge is 0.642 e. The van der Waals surface area contributed by atoms with Crippen LogP contribution in [0.25, 0.3) is 0 Å². The number of hydrogen-bond donors (Lipinski definition) is 0. The van der Waals surface area contributed by atoms with Crippen LogP contribution in [0.3, 0.4) is 0 Å². The first kappa shape index (κ1) is 10.6. The molecule has 0 saturated carbocycles. The predicted molar refractivity (Wildman–Crippen MR) is 58.5 cm³/mol. The SMILES string of the molecule is C[CH2][Al]([CH2]C)[O]c1ccccc1C. The minimum Gasteiger partial charge on any atom is -0.642 e. The molecule has 0 N–H and O–H groups in total. The fraction of sp³-hybridized carbons (Fsp3) is 0.455. The van der Waals surface area contributed by atoms with Crippen molar-refractivity contribution in [3.63, 3.8) is 0 Å². The first-order valence-electron chi connectivity index (χ1n) is 5.00. The molecule has 0 aliphatic rings. The van der Waals surface area contributed by atoms with E-state index in [0.717, 1.165) is 5.75 Å². The third-order valence-corrected chi connectivity index (χ3v) is 4.71. The molecule has 0 aliphatic carbocycles. The molecule has 0 unspecified atom stereocenters. The maximum atomic E-state index is 5.98. The van der Waals surface area contributed by atoms with Gasteiger partial charge in [0.15, 0.2) is 0 Å². The van der Waals surface area contributed by atoms with Gasteiger partial charge in [-0.15, -0.1) is 0 Å². The third kappa shape index (κ3) is 3.06. The molecule has 2 heteroatoms. The van der Waals surface area contributed by atoms with E-state index in [0.29, 0.717) is 0 Å². The Morgan fingerprint density at radius 2 is 1.77 bits per heavy atom. The van der Waals surface area contributed by atoms with Gasteiger partial charge in [0.05, 0.1) is 5.75 Å². The van der Waals surface area contributed by atoms with Gasteiger partial charge in [0.2, 0.25) is 0 Å². The van der Waals surface area contributed by atoms with Crippen molar-refractivity contribution < 1.29 is 3.79 Å². The molecule has 0 atom stereocenters. The highest BCUT2D eigenvalue weighted by atomic mass is 27.2. The molecule has 0 radical (unpaired) electrons. The molecule has 0 spiro atoms. The van der Waals surface area contributed by atoms with Gasteiger partial charge in [0.25, 0.3) is 0 Å². The number of rotatable bonds is 4. The Kier molecular flexibility index (Phi) is 4.35. The average Bonchev–Trinajstić information content (AvgIpc) is 2.17. The van der Waals surface area contributed by atoms with Crippen molar-refractivity contribution in [2.45, 2.75) is 31.3 Å². The first-order chi connectivity index (χ1) is 6.27. The third-order valence-electron chi connectivity index (χ3n) is 2.30. The van der Waals surface area contributed by atoms with E-state index >= 15 is 0 Å². The Bertz CT molecular complexity index is 256. The molecule has 0 saturated heterocycles. The normalized spacial score (nSPS) is 9.77. The molecule has 0 fully saturated rings. The van der Waals surface area contributed by atoms with E-state index in [4.69, 9.17) is 3.79 Å². The lowest BCUT2D eigenvalue weighted by Crippen LogP contribution is -2.19. The van der Waals surface area contributed by atoms with Crippen molar-refractivity contribution in [3.8, 4) is 5.75 Å². The lowest BCUT2D eigenvalue weighted by Gasteiger charge is -2.14. The van der Waals surface area contributed by atoms with Gasteiger partial charge in [-0.05, 0) is 18.6 Å². The predicted octanol–water partition coefficient (Wildman–Crippen LogP) is 3.41. The Hall–Kier alpha value is -0.448. The molecule has 0 heterocycles. The molecule has 1 aromatic rings. The Morgan fingerprint density at radius 3 is 2.31 bits per heavy atom. The first-order valence-corrected chi connectivity index (χ1v) is 7.10. The van der Waals surface area contributed by atoms with Gasteiger partial charge in [-0.25, -0.2) is 0 Å². The van der Waals surface area contributed by atoms with E-state index in [9.17, 15) is 0 Å². The second-order valence-corrected chi connectivity index (χ2v) is 6.43. The highest BCUT2D eigenvalue weighted by Gasteiger charge is 2.18. The standard InChI is InChI=1S/C7H8O.2C2H5.Al/c1-6-4-2-3-5-7(6)8;2*1-2;/h2-5,8H,1H3;2*1H2,2H3;/q;;;+1/p-1. The van der Waals surface area contributed by atoms with E-state index in [1.165, 1.54) is 16.1 Å². The zero-order chi connectivity index (χ0) is 9.68. The molecular formula is C11H17AlO. The van der Waals surface area contributed by atoms with E-state index < -0.39 is 14.5 Å². The van der Waals surface area contributed by atoms with Crippen LogP contribution in [0.15, 0.2) is 24.3 Å². The average molecular weight is 192 g/mol. The summed E-state index contributed by atoms with van der Waals surface area (Å²) in [5.41, 5.74) is 1.25. The lowest BCUT2D eigenvalue weighted by molar-refractivity contribution is 0.561. The van der Waals surface area contributed by atoms with E-state index in [1.54, 1.807) is 0 Å². The maximum Gasteiger partial charge on any atom is 0.546 e. The van der Waals surface area contributed by atoms with E-state index in [1.807, 2.05) is 6.07 Å². The molecule has 13 heavy (non-hydrogen) atoms. The van der Waals surface area contributed by atoms with Gasteiger partial charge < -0.3 is 3.79 Å². The summed E-state index contributed by atoms with van der Waals surface area (Å²) in [4.78, 5) is 0. The van der Waals surface area contributed by atoms with Gasteiger partial charge in [0.1, 0.15) is 0 Å². The minimum atomic E-state index is -0.947. The van der Waals surface area contributed by atoms with Crippen LogP contribution >= 0.6 is 0 Å². The zero-order valence-corrected chi connectivity index (χ0v) is 9.86. The summed E-state index contributed by atoms with van der Waals surface area (Å²) in [6.07, 6.45) is 0. The highest BCUT2D eigenvalue weighted by molar-refractivity contribution is 6.52. The van der Waals surface area contributed by atoms with Crippen molar-refractivity contribution in [1.82, 2.24) is 0 Å². The minimum absolute atomic E-state index is 0.947. The summed E-state index contributed by atoms with van der Waals surface area (Å²) in [5, 5.41) is 2.43. The van der Waals surface area contributed by atoms with Gasteiger partial charge >= 0.3 is 14.5 Å². The van der Waals surface area contributed by atoms with Crippen LogP contribution in [-0.2, 0) is 0 Å². The zero-order valence-electron chi connectivity index (χ0n) is 8.71. The van der Waals surface area contributed by atoms with Crippen LogP contribution in [0.4, 0.5) is 0 Å². The molecule has 0 amide bonds. The van der Waals surface area contributed by atoms with Crippen molar-refractivity contribution in [2.75, 3.05) is 0 Å². The van der Waals surface area contributed by atoms with Crippen LogP contribution in [0.5, 0.6) is 5.75 Å². The lowest BCUT2D eigenvalue weighted by atomic mass is 10.2. The van der Waals surface area contributed by atoms with Gasteiger partial charge in [-0.2, -0.15) is 0 Å². The number of benzene rings is 1. The van der Waals surface area contributed by atoms with E-state index in [2.05, 4.69) is 39.0 Å². The second-order valence-electron chi connectivity index (χ2n) is 3.32. The summed E-state index contributed by atoms with van der Waals surface area (Å²) in [6.45, 7) is 6.55. The van der Waals surface area contributed by atoms with Gasteiger partial charge in [-0.1, -0.05) is 42.6 Å². The van der Waals surface area contributed by atoms with Crippen LogP contribution in [-0.4, -0.2) is 14.5 Å². The molecule has 70 valence electrons. The van der Waals surface area contributed by atoms with Crippen LogP contribution in [0.2, 0.25) is 10.6 Å². The van der Waals surface area contributed by atoms with Crippen LogP contribution < -0.4 is 3.79 Å². The molecule has 0 aromatic heterocycles. The van der Waals surface area contributed by atoms with Crippen LogP contribution in [0.1, 0.15) is 19.4 Å². The number of aryl methyl sites for hydroxylation is 1. The maximum absolute atomic E-state index is 5.98. The Labute approximate surface area is 85.5 Å². The quantitative estimate of drug-likeness (QED) is 0.664. The molecule has 1 aromatic carbocycles. The topological polar surface area (TPSA) is 9.23 Å².